The van der Waals surface area contributed by atoms with E-state index in [2.05, 4.69) is 0 Å². The summed E-state index contributed by atoms with van der Waals surface area (Å²) in [5.74, 6) is 0. The van der Waals surface area contributed by atoms with Crippen molar-refractivity contribution in [2.45, 2.75) is 9.79 Å². The van der Waals surface area contributed by atoms with Gasteiger partial charge in [0.25, 0.3) is 0 Å². The van der Waals surface area contributed by atoms with E-state index in [4.69, 9.17) is 34.7 Å². The van der Waals surface area contributed by atoms with Gasteiger partial charge in [0, 0.05) is 9.79 Å². The molecule has 2 rings (SSSR count). The average Bonchev–Trinajstić information content (AvgIpc) is 2.63. The minimum atomic E-state index is -0.00512. The Morgan fingerprint density at radius 1 is 0.731 bits per heavy atom. The monoisotopic (exact) mass is 418 g/mol. The molecule has 0 fully saturated rings. The number of hydrogen-bond donors (Lipinski definition) is 2. The Morgan fingerprint density at radius 2 is 1.08 bits per heavy atom. The van der Waals surface area contributed by atoms with Crippen LogP contribution in [0.3, 0.4) is 0 Å². The maximum absolute atomic E-state index is 9.50. The molecule has 0 unspecified atom stereocenters. The topological polar surface area (TPSA) is 99.6 Å². The second-order valence-corrected chi connectivity index (χ2v) is 7.75. The lowest BCUT2D eigenvalue weighted by Gasteiger charge is -2.09. The first-order valence-electron chi connectivity index (χ1n) is 7.12. The average molecular weight is 419 g/mol. The normalized spacial score (nSPS) is 12.5. The van der Waals surface area contributed by atoms with Crippen molar-refractivity contribution >= 4 is 46.7 Å². The van der Waals surface area contributed by atoms with Crippen LogP contribution in [0.4, 0.5) is 0 Å². The van der Waals surface area contributed by atoms with Crippen LogP contribution in [-0.4, -0.2) is 0 Å². The van der Waals surface area contributed by atoms with Crippen LogP contribution < -0.4 is 11.5 Å². The van der Waals surface area contributed by atoms with Crippen LogP contribution in [0.2, 0.25) is 10.0 Å². The molecule has 0 atom stereocenters. The Bertz CT molecular complexity index is 892. The zero-order valence-corrected chi connectivity index (χ0v) is 16.4. The molecular weight excluding hydrogens is 407 g/mol. The van der Waals surface area contributed by atoms with Gasteiger partial charge in [0.1, 0.15) is 23.3 Å². The van der Waals surface area contributed by atoms with Gasteiger partial charge in [-0.15, -0.1) is 0 Å². The fourth-order valence-corrected chi connectivity index (χ4v) is 3.96. The van der Waals surface area contributed by atoms with Crippen LogP contribution in [0.5, 0.6) is 0 Å². The molecule has 0 bridgehead atoms. The predicted molar refractivity (Wildman–Crippen MR) is 108 cm³/mol. The largest absolute Gasteiger partial charge is 0.392 e. The molecular formula is C18H12Cl2N4S2. The van der Waals surface area contributed by atoms with Crippen LogP contribution >= 0.6 is 46.7 Å². The number of allylic oxidation sites excluding steroid dienone is 2. The van der Waals surface area contributed by atoms with E-state index in [1.807, 2.05) is 12.1 Å². The lowest BCUT2D eigenvalue weighted by atomic mass is 10.1. The molecule has 0 amide bonds. The second kappa shape index (κ2) is 9.47. The van der Waals surface area contributed by atoms with Gasteiger partial charge < -0.3 is 11.5 Å². The van der Waals surface area contributed by atoms with Crippen molar-refractivity contribution < 1.29 is 0 Å². The Hall–Kier alpha value is -2.22. The van der Waals surface area contributed by atoms with Crippen molar-refractivity contribution in [3.63, 3.8) is 0 Å². The number of nitrogens with zero attached hydrogens (tertiary/aromatic N) is 2. The van der Waals surface area contributed by atoms with Gasteiger partial charge >= 0.3 is 0 Å². The maximum Gasteiger partial charge on any atom is 0.103 e. The SMILES string of the molecule is N#CC(=C(/N)Sc1ccccc1Cl)/C(C#N)=C(\N)Sc1ccccc1Cl. The quantitative estimate of drug-likeness (QED) is 0.389. The fraction of sp³-hybridized carbons (Fsp3) is 0. The Morgan fingerprint density at radius 3 is 1.38 bits per heavy atom. The molecule has 0 heterocycles. The van der Waals surface area contributed by atoms with E-state index in [0.717, 1.165) is 23.5 Å². The molecule has 0 aliphatic carbocycles. The van der Waals surface area contributed by atoms with Crippen LogP contribution in [-0.2, 0) is 0 Å². The van der Waals surface area contributed by atoms with Crippen molar-refractivity contribution in [2.75, 3.05) is 0 Å². The van der Waals surface area contributed by atoms with Gasteiger partial charge in [-0.2, -0.15) is 10.5 Å². The Balaban J connectivity index is 2.42. The number of rotatable bonds is 5. The summed E-state index contributed by atoms with van der Waals surface area (Å²) in [4.78, 5) is 1.35. The van der Waals surface area contributed by atoms with Gasteiger partial charge in [0.05, 0.1) is 20.1 Å². The molecule has 0 aromatic heterocycles. The van der Waals surface area contributed by atoms with Crippen LogP contribution in [0.15, 0.2) is 79.5 Å². The third kappa shape index (κ3) is 4.91. The first-order chi connectivity index (χ1) is 12.5. The van der Waals surface area contributed by atoms with Crippen LogP contribution in [0.25, 0.3) is 0 Å². The number of halogens is 2. The highest BCUT2D eigenvalue weighted by Crippen LogP contribution is 2.36. The minimum absolute atomic E-state index is 0.00512. The third-order valence-corrected chi connectivity index (χ3v) is 5.96. The summed E-state index contributed by atoms with van der Waals surface area (Å²) >= 11 is 14.4. The van der Waals surface area contributed by atoms with E-state index in [-0.39, 0.29) is 21.2 Å². The van der Waals surface area contributed by atoms with Crippen molar-refractivity contribution in [3.05, 3.63) is 79.8 Å². The van der Waals surface area contributed by atoms with Gasteiger partial charge in [-0.1, -0.05) is 71.0 Å². The lowest BCUT2D eigenvalue weighted by molar-refractivity contribution is 1.34. The molecule has 2 aromatic rings. The first-order valence-corrected chi connectivity index (χ1v) is 9.51. The van der Waals surface area contributed by atoms with Crippen molar-refractivity contribution in [2.24, 2.45) is 11.5 Å². The number of hydrogen-bond acceptors (Lipinski definition) is 6. The van der Waals surface area contributed by atoms with Crippen molar-refractivity contribution in [1.29, 1.82) is 10.5 Å². The standard InChI is InChI=1S/C18H12Cl2N4S2/c19-13-5-1-3-7-15(13)25-17(23)11(9-21)12(10-22)18(24)26-16-8-4-2-6-14(16)20/h1-8H,23-24H2/b17-11+,18-12+. The Kier molecular flexibility index (Phi) is 7.32. The number of benzene rings is 2. The van der Waals surface area contributed by atoms with Gasteiger partial charge in [-0.25, -0.2) is 0 Å². The smallest absolute Gasteiger partial charge is 0.103 e. The highest BCUT2D eigenvalue weighted by atomic mass is 35.5. The van der Waals surface area contributed by atoms with Crippen molar-refractivity contribution in [3.8, 4) is 12.1 Å². The van der Waals surface area contributed by atoms with Gasteiger partial charge in [0.15, 0.2) is 0 Å². The summed E-state index contributed by atoms with van der Waals surface area (Å²) in [6.07, 6.45) is 0. The first kappa shape index (κ1) is 20.1. The van der Waals surface area contributed by atoms with E-state index in [0.29, 0.717) is 19.8 Å². The molecule has 0 aliphatic heterocycles. The summed E-state index contributed by atoms with van der Waals surface area (Å²) in [6.45, 7) is 0. The molecule has 2 aromatic carbocycles. The molecule has 0 aliphatic rings. The summed E-state index contributed by atoms with van der Waals surface area (Å²) in [5, 5.41) is 20.3. The number of nitrogens with two attached hydrogens (primary N) is 2. The molecule has 8 heteroatoms. The minimum Gasteiger partial charge on any atom is -0.392 e. The van der Waals surface area contributed by atoms with Crippen LogP contribution in [0, 0.1) is 22.7 Å². The number of thioether (sulfide) groups is 2. The molecule has 0 saturated carbocycles. The zero-order valence-electron chi connectivity index (χ0n) is 13.2. The van der Waals surface area contributed by atoms with E-state index >= 15 is 0 Å². The molecule has 0 saturated heterocycles. The third-order valence-electron chi connectivity index (χ3n) is 3.08. The van der Waals surface area contributed by atoms with Crippen molar-refractivity contribution in [1.82, 2.24) is 0 Å². The molecule has 130 valence electrons. The van der Waals surface area contributed by atoms with E-state index in [1.54, 1.807) is 48.5 Å². The highest BCUT2D eigenvalue weighted by Gasteiger charge is 2.17. The van der Waals surface area contributed by atoms with E-state index in [1.165, 1.54) is 0 Å². The molecule has 4 N–H and O–H groups in total. The molecule has 0 radical (unpaired) electrons. The van der Waals surface area contributed by atoms with E-state index in [9.17, 15) is 10.5 Å². The number of nitriles is 2. The highest BCUT2D eigenvalue weighted by molar-refractivity contribution is 8.03. The lowest BCUT2D eigenvalue weighted by Crippen LogP contribution is -2.05. The fourth-order valence-electron chi connectivity index (χ4n) is 1.86. The summed E-state index contributed by atoms with van der Waals surface area (Å²) < 4.78 is 0. The predicted octanol–water partition coefficient (Wildman–Crippen LogP) is 5.27. The molecule has 26 heavy (non-hydrogen) atoms. The Labute approximate surface area is 170 Å². The second-order valence-electron chi connectivity index (χ2n) is 4.77. The molecule has 4 nitrogen and oxygen atoms in total. The van der Waals surface area contributed by atoms with Gasteiger partial charge in [0.2, 0.25) is 0 Å². The summed E-state index contributed by atoms with van der Waals surface area (Å²) in [6, 6.07) is 18.1. The summed E-state index contributed by atoms with van der Waals surface area (Å²) in [7, 11) is 0. The zero-order chi connectivity index (χ0) is 19.1. The molecule has 0 spiro atoms. The van der Waals surface area contributed by atoms with E-state index < -0.39 is 0 Å². The maximum atomic E-state index is 9.50. The van der Waals surface area contributed by atoms with Gasteiger partial charge in [-0.05, 0) is 24.3 Å². The summed E-state index contributed by atoms with van der Waals surface area (Å²) in [5.41, 5.74) is 12.1. The van der Waals surface area contributed by atoms with Gasteiger partial charge in [-0.3, -0.25) is 0 Å². The van der Waals surface area contributed by atoms with Crippen LogP contribution in [0.1, 0.15) is 0 Å².